The number of anilines is 1. The van der Waals surface area contributed by atoms with Crippen molar-refractivity contribution in [2.45, 2.75) is 52.1 Å². The normalized spacial score (nSPS) is 19.4. The molecule has 3 heterocycles. The largest absolute Gasteiger partial charge is 0.416 e. The third kappa shape index (κ3) is 5.03. The van der Waals surface area contributed by atoms with Gasteiger partial charge in [0.2, 0.25) is 0 Å². The summed E-state index contributed by atoms with van der Waals surface area (Å²) < 4.78 is 48.7. The predicted octanol–water partition coefficient (Wildman–Crippen LogP) is 3.47. The van der Waals surface area contributed by atoms with Crippen LogP contribution < -0.4 is 10.9 Å². The number of nitrogens with zero attached hydrogens (tertiary/aromatic N) is 5. The zero-order valence-electron chi connectivity index (χ0n) is 20.6. The third-order valence-corrected chi connectivity index (χ3v) is 6.18. The number of halogens is 3. The van der Waals surface area contributed by atoms with Gasteiger partial charge in [-0.1, -0.05) is 0 Å². The monoisotopic (exact) mass is 504 g/mol. The number of amides is 1. The maximum absolute atomic E-state index is 13.9. The topological polar surface area (TPSA) is 102 Å². The number of aryl methyl sites for hydroxylation is 1. The van der Waals surface area contributed by atoms with Gasteiger partial charge in [0.15, 0.2) is 0 Å². The second-order valence-corrected chi connectivity index (χ2v) is 9.10. The Balaban J connectivity index is 1.61. The van der Waals surface area contributed by atoms with E-state index in [1.165, 1.54) is 37.0 Å². The van der Waals surface area contributed by atoms with Crippen molar-refractivity contribution in [3.8, 4) is 0 Å². The Morgan fingerprint density at radius 2 is 1.83 bits per heavy atom. The lowest BCUT2D eigenvalue weighted by Crippen LogP contribution is -2.48. The number of aromatic nitrogens is 4. The summed E-state index contributed by atoms with van der Waals surface area (Å²) in [6.07, 6.45) is -2.28. The summed E-state index contributed by atoms with van der Waals surface area (Å²) in [6.45, 7) is 7.70. The van der Waals surface area contributed by atoms with E-state index in [1.807, 2.05) is 13.8 Å². The molecule has 0 radical (unpaired) electrons. The molecule has 0 spiro atoms. The highest BCUT2D eigenvalue weighted by Gasteiger charge is 2.36. The summed E-state index contributed by atoms with van der Waals surface area (Å²) in [6, 6.07) is 1.24. The van der Waals surface area contributed by atoms with Crippen molar-refractivity contribution in [3.05, 3.63) is 57.5 Å². The molecule has 192 valence electrons. The summed E-state index contributed by atoms with van der Waals surface area (Å²) in [7, 11) is 1.51. The van der Waals surface area contributed by atoms with Crippen molar-refractivity contribution in [1.82, 2.24) is 24.4 Å². The molecule has 3 atom stereocenters. The van der Waals surface area contributed by atoms with E-state index in [-0.39, 0.29) is 46.1 Å². The number of benzene rings is 1. The molecule has 9 nitrogen and oxygen atoms in total. The Labute approximate surface area is 205 Å². The number of ether oxygens (including phenoxy) is 1. The molecule has 1 amide bonds. The summed E-state index contributed by atoms with van der Waals surface area (Å²) >= 11 is 0. The van der Waals surface area contributed by atoms with Crippen LogP contribution in [0.2, 0.25) is 0 Å². The van der Waals surface area contributed by atoms with Crippen LogP contribution in [0, 0.1) is 6.92 Å². The number of nitrogens with one attached hydrogen (secondary N) is 1. The predicted molar refractivity (Wildman–Crippen MR) is 127 cm³/mol. The van der Waals surface area contributed by atoms with Crippen LogP contribution >= 0.6 is 0 Å². The molecule has 1 aromatic carbocycles. The minimum Gasteiger partial charge on any atom is -0.372 e. The van der Waals surface area contributed by atoms with E-state index in [9.17, 15) is 22.8 Å². The molecule has 3 aromatic rings. The van der Waals surface area contributed by atoms with Gasteiger partial charge in [0.05, 0.1) is 47.1 Å². The van der Waals surface area contributed by atoms with Gasteiger partial charge < -0.3 is 15.0 Å². The van der Waals surface area contributed by atoms with E-state index >= 15 is 0 Å². The van der Waals surface area contributed by atoms with Gasteiger partial charge in [-0.15, -0.1) is 0 Å². The van der Waals surface area contributed by atoms with Crippen molar-refractivity contribution in [3.63, 3.8) is 0 Å². The number of rotatable bonds is 4. The molecular weight excluding hydrogens is 477 g/mol. The Morgan fingerprint density at radius 1 is 1.17 bits per heavy atom. The molecule has 0 aliphatic carbocycles. The molecule has 0 bridgehead atoms. The van der Waals surface area contributed by atoms with Crippen LogP contribution in [0.1, 0.15) is 54.3 Å². The summed E-state index contributed by atoms with van der Waals surface area (Å²) in [5, 5.41) is 2.98. The summed E-state index contributed by atoms with van der Waals surface area (Å²) in [5.74, 6) is 0.202. The lowest BCUT2D eigenvalue weighted by Gasteiger charge is -2.35. The van der Waals surface area contributed by atoms with Crippen LogP contribution in [0.5, 0.6) is 0 Å². The standard InChI is InChI=1S/C24H27F3N6O3/c1-12-10-33(11-13(2)36-12)23(35)20-8-29-21(9-28-20)30-14(3)16-6-17-19(7-18(16)24(25,26)27)31-15(4)32(5)22(17)34/h6-9,12-14H,10-11H2,1-5H3,(H,29,30)/t12-,13+,14?. The maximum atomic E-state index is 13.9. The van der Waals surface area contributed by atoms with Crippen LogP contribution in [0.3, 0.4) is 0 Å². The Morgan fingerprint density at radius 3 is 2.42 bits per heavy atom. The molecule has 1 aliphatic heterocycles. The van der Waals surface area contributed by atoms with Gasteiger partial charge in [0.1, 0.15) is 17.3 Å². The first-order valence-corrected chi connectivity index (χ1v) is 11.5. The number of carbonyl (C=O) groups is 1. The second kappa shape index (κ2) is 9.49. The van der Waals surface area contributed by atoms with Crippen LogP contribution in [0.4, 0.5) is 19.0 Å². The number of fused-ring (bicyclic) bond motifs is 1. The number of carbonyl (C=O) groups excluding carboxylic acids is 1. The molecule has 1 aliphatic rings. The first-order valence-electron chi connectivity index (χ1n) is 11.5. The van der Waals surface area contributed by atoms with Crippen molar-refractivity contribution < 1.29 is 22.7 Å². The van der Waals surface area contributed by atoms with Gasteiger partial charge in [-0.25, -0.2) is 15.0 Å². The van der Waals surface area contributed by atoms with Crippen molar-refractivity contribution >= 4 is 22.6 Å². The smallest absolute Gasteiger partial charge is 0.372 e. The molecule has 12 heteroatoms. The van der Waals surface area contributed by atoms with E-state index in [1.54, 1.807) is 11.8 Å². The molecular formula is C24H27F3N6O3. The highest BCUT2D eigenvalue weighted by atomic mass is 19.4. The van der Waals surface area contributed by atoms with Crippen LogP contribution in [-0.4, -0.2) is 55.6 Å². The second-order valence-electron chi connectivity index (χ2n) is 9.10. The molecule has 1 saturated heterocycles. The minimum atomic E-state index is -4.66. The van der Waals surface area contributed by atoms with E-state index in [0.717, 1.165) is 6.07 Å². The van der Waals surface area contributed by atoms with Crippen LogP contribution in [-0.2, 0) is 18.0 Å². The van der Waals surface area contributed by atoms with E-state index in [4.69, 9.17) is 4.74 Å². The molecule has 4 rings (SSSR count). The van der Waals surface area contributed by atoms with E-state index in [2.05, 4.69) is 20.3 Å². The molecule has 2 aromatic heterocycles. The molecule has 36 heavy (non-hydrogen) atoms. The molecule has 1 fully saturated rings. The van der Waals surface area contributed by atoms with Gasteiger partial charge in [-0.2, -0.15) is 13.2 Å². The maximum Gasteiger partial charge on any atom is 0.416 e. The number of alkyl halides is 3. The molecule has 1 N–H and O–H groups in total. The fraction of sp³-hybridized carbons (Fsp3) is 0.458. The Kier molecular flexibility index (Phi) is 6.74. The van der Waals surface area contributed by atoms with Gasteiger partial charge in [-0.3, -0.25) is 14.2 Å². The van der Waals surface area contributed by atoms with Crippen LogP contribution in [0.15, 0.2) is 29.3 Å². The van der Waals surface area contributed by atoms with Crippen molar-refractivity contribution in [2.24, 2.45) is 7.05 Å². The van der Waals surface area contributed by atoms with Crippen LogP contribution in [0.25, 0.3) is 10.9 Å². The quantitative estimate of drug-likeness (QED) is 0.581. The van der Waals surface area contributed by atoms with E-state index < -0.39 is 23.3 Å². The van der Waals surface area contributed by atoms with Crippen molar-refractivity contribution in [1.29, 1.82) is 0 Å². The van der Waals surface area contributed by atoms with Crippen molar-refractivity contribution in [2.75, 3.05) is 18.4 Å². The lowest BCUT2D eigenvalue weighted by atomic mass is 9.98. The Hall–Kier alpha value is -3.54. The molecule has 0 saturated carbocycles. The zero-order chi connectivity index (χ0) is 26.4. The van der Waals surface area contributed by atoms with Gasteiger partial charge in [0.25, 0.3) is 11.5 Å². The lowest BCUT2D eigenvalue weighted by molar-refractivity contribution is -0.138. The SMILES string of the molecule is Cc1nc2cc(C(F)(F)F)c(C(C)Nc3cnc(C(=O)N4C[C@@H](C)O[C@@H](C)C4)cn3)cc2c(=O)n1C. The third-order valence-electron chi connectivity index (χ3n) is 6.18. The van der Waals surface area contributed by atoms with Gasteiger partial charge in [-0.05, 0) is 45.4 Å². The minimum absolute atomic E-state index is 0.0201. The summed E-state index contributed by atoms with van der Waals surface area (Å²) in [5.41, 5.74) is -1.36. The van der Waals surface area contributed by atoms with E-state index in [0.29, 0.717) is 18.9 Å². The fourth-order valence-electron chi connectivity index (χ4n) is 4.37. The average Bonchev–Trinajstić information content (AvgIpc) is 2.81. The van der Waals surface area contributed by atoms with Gasteiger partial charge >= 0.3 is 6.18 Å². The fourth-order valence-corrected chi connectivity index (χ4v) is 4.37. The number of morpholine rings is 1. The number of hydrogen-bond acceptors (Lipinski definition) is 7. The highest BCUT2D eigenvalue weighted by Crippen LogP contribution is 2.37. The summed E-state index contributed by atoms with van der Waals surface area (Å²) in [4.78, 5) is 39.6. The first kappa shape index (κ1) is 25.5. The Bertz CT molecular complexity index is 1350. The first-order chi connectivity index (χ1) is 16.8. The highest BCUT2D eigenvalue weighted by molar-refractivity contribution is 5.92. The van der Waals surface area contributed by atoms with Gasteiger partial charge in [0, 0.05) is 20.1 Å². The average molecular weight is 505 g/mol. The number of hydrogen-bond donors (Lipinski definition) is 1. The zero-order valence-corrected chi connectivity index (χ0v) is 20.6. The molecule has 1 unspecified atom stereocenters.